The first-order chi connectivity index (χ1) is 15.3. The van der Waals surface area contributed by atoms with Crippen LogP contribution in [-0.4, -0.2) is 31.6 Å². The van der Waals surface area contributed by atoms with E-state index in [4.69, 9.17) is 0 Å². The van der Waals surface area contributed by atoms with E-state index in [9.17, 15) is 0 Å². The second-order valence-corrected chi connectivity index (χ2v) is 13.1. The van der Waals surface area contributed by atoms with Gasteiger partial charge >= 0.3 is 0 Å². The molecule has 1 saturated heterocycles. The summed E-state index contributed by atoms with van der Waals surface area (Å²) in [5.41, 5.74) is 8.67. The van der Waals surface area contributed by atoms with Crippen LogP contribution in [0.25, 0.3) is 16.9 Å². The number of hydrogen-bond acceptors (Lipinski definition) is 2. The van der Waals surface area contributed by atoms with E-state index in [1.165, 1.54) is 57.7 Å². The van der Waals surface area contributed by atoms with Gasteiger partial charge in [0.25, 0.3) is 0 Å². The highest BCUT2D eigenvalue weighted by atomic mass is 32.2. The van der Waals surface area contributed by atoms with Gasteiger partial charge in [0.05, 0.1) is 15.4 Å². The molecule has 0 N–H and O–H groups in total. The van der Waals surface area contributed by atoms with Gasteiger partial charge in [-0.25, -0.2) is 0 Å². The van der Waals surface area contributed by atoms with Gasteiger partial charge in [0.2, 0.25) is 0 Å². The van der Waals surface area contributed by atoms with Crippen molar-refractivity contribution >= 4 is 21.4 Å². The maximum atomic E-state index is 2.78. The van der Waals surface area contributed by atoms with Crippen LogP contribution in [-0.2, 0) is 6.54 Å². The Hall–Kier alpha value is -1.75. The van der Waals surface area contributed by atoms with Crippen molar-refractivity contribution in [2.24, 2.45) is 5.41 Å². The van der Waals surface area contributed by atoms with Crippen LogP contribution in [0.5, 0.6) is 0 Å². The first kappa shape index (κ1) is 23.4. The van der Waals surface area contributed by atoms with Crippen molar-refractivity contribution in [1.29, 1.82) is 0 Å². The molecule has 1 aromatic heterocycles. The summed E-state index contributed by atoms with van der Waals surface area (Å²) in [6, 6.07) is 22.1. The van der Waals surface area contributed by atoms with E-state index in [0.717, 1.165) is 6.54 Å². The molecule has 0 atom stereocenters. The largest absolute Gasteiger partial charge is 0.325 e. The molecule has 0 spiro atoms. The van der Waals surface area contributed by atoms with E-state index >= 15 is 0 Å². The Balaban J connectivity index is 1.72. The zero-order valence-electron chi connectivity index (χ0n) is 20.6. The van der Waals surface area contributed by atoms with E-state index in [2.05, 4.69) is 105 Å². The average molecular weight is 463 g/mol. The Kier molecular flexibility index (Phi) is 7.04. The molecule has 32 heavy (non-hydrogen) atoms. The quantitative estimate of drug-likeness (QED) is 0.287. The molecule has 0 bridgehead atoms. The zero-order valence-corrected chi connectivity index (χ0v) is 22.8. The highest BCUT2D eigenvalue weighted by Gasteiger charge is 2.26. The molecule has 2 heterocycles. The molecule has 1 aliphatic heterocycles. The highest BCUT2D eigenvalue weighted by Crippen LogP contribution is 2.34. The number of aromatic nitrogens is 1. The lowest BCUT2D eigenvalue weighted by Crippen LogP contribution is -2.38. The van der Waals surface area contributed by atoms with Crippen LogP contribution in [0.3, 0.4) is 0 Å². The van der Waals surface area contributed by atoms with E-state index in [0.29, 0.717) is 11.3 Å². The van der Waals surface area contributed by atoms with Crippen molar-refractivity contribution in [1.82, 2.24) is 9.13 Å². The van der Waals surface area contributed by atoms with Crippen molar-refractivity contribution in [3.63, 3.8) is 0 Å². The number of benzene rings is 2. The molecule has 0 aliphatic carbocycles. The third kappa shape index (κ3) is 5.08. The molecule has 0 unspecified atom stereocenters. The van der Waals surface area contributed by atoms with E-state index < -0.39 is 0 Å². The van der Waals surface area contributed by atoms with Crippen molar-refractivity contribution in [3.8, 4) is 16.9 Å². The fourth-order valence-corrected chi connectivity index (χ4v) is 7.05. The smallest absolute Gasteiger partial charge is 0.0959 e. The SMILES string of the molecule is CSc1ccc(-c2cc(CN3CCC(C)(C)C[SiH2]3)c(C)n2-c2ccc(C(C)C)cc2)cc1. The summed E-state index contributed by atoms with van der Waals surface area (Å²) in [5.74, 6) is 0.553. The molecule has 170 valence electrons. The Morgan fingerprint density at radius 3 is 2.28 bits per heavy atom. The molecular formula is C28H38N2SSi. The zero-order chi connectivity index (χ0) is 22.9. The summed E-state index contributed by atoms with van der Waals surface area (Å²) < 4.78 is 5.25. The van der Waals surface area contributed by atoms with Crippen LogP contribution in [0, 0.1) is 12.3 Å². The van der Waals surface area contributed by atoms with E-state index in [1.807, 2.05) is 0 Å². The Labute approximate surface area is 201 Å². The maximum absolute atomic E-state index is 2.78. The van der Waals surface area contributed by atoms with Crippen molar-refractivity contribution in [3.05, 3.63) is 71.4 Å². The standard InChI is InChI=1S/C28H38N2SSi/c1-20(2)22-7-11-25(12-8-22)30-21(3)24(18-29-16-15-28(4,5)19-32-29)17-27(30)23-9-13-26(31-6)14-10-23/h7-14,17,20H,15-16,18-19,32H2,1-6H3. The van der Waals surface area contributed by atoms with Crippen LogP contribution in [0.4, 0.5) is 0 Å². The molecule has 2 aromatic carbocycles. The summed E-state index contributed by atoms with van der Waals surface area (Å²) >= 11 is 1.80. The topological polar surface area (TPSA) is 8.17 Å². The molecule has 0 amide bonds. The first-order valence-electron chi connectivity index (χ1n) is 12.0. The molecule has 2 nitrogen and oxygen atoms in total. The summed E-state index contributed by atoms with van der Waals surface area (Å²) in [7, 11) is -0.172. The fourth-order valence-electron chi connectivity index (χ4n) is 4.69. The number of rotatable bonds is 6. The van der Waals surface area contributed by atoms with Gasteiger partial charge in [-0.2, -0.15) is 0 Å². The summed E-state index contributed by atoms with van der Waals surface area (Å²) in [4.78, 5) is 1.31. The van der Waals surface area contributed by atoms with Gasteiger partial charge < -0.3 is 9.13 Å². The summed E-state index contributed by atoms with van der Waals surface area (Å²) in [6.07, 6.45) is 3.46. The van der Waals surface area contributed by atoms with Crippen molar-refractivity contribution < 1.29 is 0 Å². The normalized spacial score (nSPS) is 17.3. The third-order valence-corrected chi connectivity index (χ3v) is 10.7. The monoisotopic (exact) mass is 462 g/mol. The molecule has 4 rings (SSSR count). The average Bonchev–Trinajstić information content (AvgIpc) is 3.11. The molecule has 0 saturated carbocycles. The Bertz CT molecular complexity index is 1040. The van der Waals surface area contributed by atoms with Gasteiger partial charge in [0.15, 0.2) is 0 Å². The van der Waals surface area contributed by atoms with Crippen LogP contribution >= 0.6 is 11.8 Å². The van der Waals surface area contributed by atoms with Gasteiger partial charge in [-0.1, -0.05) is 52.0 Å². The maximum Gasteiger partial charge on any atom is 0.0959 e. The minimum Gasteiger partial charge on any atom is -0.325 e. The Morgan fingerprint density at radius 2 is 1.72 bits per heavy atom. The van der Waals surface area contributed by atoms with Crippen LogP contribution in [0.15, 0.2) is 59.5 Å². The second-order valence-electron chi connectivity index (χ2n) is 10.4. The van der Waals surface area contributed by atoms with Gasteiger partial charge in [-0.3, -0.25) is 0 Å². The van der Waals surface area contributed by atoms with Crippen LogP contribution in [0.2, 0.25) is 6.04 Å². The lowest BCUT2D eigenvalue weighted by atomic mass is 9.91. The summed E-state index contributed by atoms with van der Waals surface area (Å²) in [5, 5.41) is 0. The molecule has 4 heteroatoms. The number of hydrogen-bond donors (Lipinski definition) is 0. The first-order valence-corrected chi connectivity index (χ1v) is 14.8. The minimum absolute atomic E-state index is 0.172. The number of nitrogens with zero attached hydrogens (tertiary/aromatic N) is 2. The third-order valence-electron chi connectivity index (χ3n) is 7.16. The van der Waals surface area contributed by atoms with Gasteiger partial charge in [0.1, 0.15) is 0 Å². The fraction of sp³-hybridized carbons (Fsp3) is 0.429. The highest BCUT2D eigenvalue weighted by molar-refractivity contribution is 7.98. The second kappa shape index (κ2) is 9.62. The van der Waals surface area contributed by atoms with Crippen LogP contribution in [0.1, 0.15) is 56.9 Å². The predicted molar refractivity (Wildman–Crippen MR) is 144 cm³/mol. The molecule has 1 aliphatic rings. The summed E-state index contributed by atoms with van der Waals surface area (Å²) in [6.45, 7) is 14.1. The van der Waals surface area contributed by atoms with Gasteiger partial charge in [-0.15, -0.1) is 11.8 Å². The molecule has 0 radical (unpaired) electrons. The Morgan fingerprint density at radius 1 is 1.03 bits per heavy atom. The molecular weight excluding hydrogens is 424 g/mol. The number of thioether (sulfide) groups is 1. The van der Waals surface area contributed by atoms with Crippen molar-refractivity contribution in [2.45, 2.75) is 64.4 Å². The lowest BCUT2D eigenvalue weighted by molar-refractivity contribution is 0.273. The van der Waals surface area contributed by atoms with E-state index in [-0.39, 0.29) is 9.68 Å². The molecule has 3 aromatic rings. The predicted octanol–water partition coefficient (Wildman–Crippen LogP) is 7.03. The van der Waals surface area contributed by atoms with Gasteiger partial charge in [-0.05, 0) is 90.5 Å². The van der Waals surface area contributed by atoms with Crippen LogP contribution < -0.4 is 0 Å². The molecule has 1 fully saturated rings. The van der Waals surface area contributed by atoms with Gasteiger partial charge in [0, 0.05) is 22.8 Å². The lowest BCUT2D eigenvalue weighted by Gasteiger charge is -2.36. The van der Waals surface area contributed by atoms with E-state index in [1.54, 1.807) is 11.8 Å². The minimum atomic E-state index is -0.172. The van der Waals surface area contributed by atoms with Crippen molar-refractivity contribution in [2.75, 3.05) is 12.8 Å².